The van der Waals surface area contributed by atoms with E-state index in [4.69, 9.17) is 9.47 Å². The summed E-state index contributed by atoms with van der Waals surface area (Å²) in [6.07, 6.45) is 2.63. The van der Waals surface area contributed by atoms with Crippen LogP contribution in [0.15, 0.2) is 91.0 Å². The van der Waals surface area contributed by atoms with Gasteiger partial charge in [-0.3, -0.25) is 4.90 Å². The van der Waals surface area contributed by atoms with Crippen LogP contribution in [0.1, 0.15) is 42.4 Å². The Morgan fingerprint density at radius 2 is 1.60 bits per heavy atom. The predicted octanol–water partition coefficient (Wildman–Crippen LogP) is 7.14. The zero-order valence-corrected chi connectivity index (χ0v) is 20.8. The summed E-state index contributed by atoms with van der Waals surface area (Å²) in [7, 11) is 1.71. The third-order valence-corrected chi connectivity index (χ3v) is 7.22. The van der Waals surface area contributed by atoms with Crippen LogP contribution in [0.25, 0.3) is 10.8 Å². The molecule has 0 saturated carbocycles. The number of para-hydroxylation sites is 1. The predicted molar refractivity (Wildman–Crippen MR) is 145 cm³/mol. The van der Waals surface area contributed by atoms with Crippen molar-refractivity contribution in [3.05, 3.63) is 108 Å². The van der Waals surface area contributed by atoms with Gasteiger partial charge in [0.05, 0.1) is 7.11 Å². The number of fused-ring (bicyclic) bond motifs is 1. The van der Waals surface area contributed by atoms with E-state index in [1.807, 2.05) is 0 Å². The van der Waals surface area contributed by atoms with Crippen LogP contribution in [0.3, 0.4) is 0 Å². The maximum atomic E-state index is 6.49. The van der Waals surface area contributed by atoms with Gasteiger partial charge in [-0.15, -0.1) is 0 Å². The zero-order chi connectivity index (χ0) is 24.0. The van der Waals surface area contributed by atoms with Crippen molar-refractivity contribution in [2.45, 2.75) is 25.7 Å². The number of benzene rings is 4. The maximum absolute atomic E-state index is 6.49. The molecule has 0 radical (unpaired) electrons. The van der Waals surface area contributed by atoms with Crippen molar-refractivity contribution in [3.63, 3.8) is 0 Å². The molecule has 1 saturated heterocycles. The molecule has 0 bridgehead atoms. The van der Waals surface area contributed by atoms with Crippen LogP contribution in [0, 0.1) is 5.92 Å². The molecule has 2 unspecified atom stereocenters. The highest BCUT2D eigenvalue weighted by Crippen LogP contribution is 2.40. The van der Waals surface area contributed by atoms with Gasteiger partial charge in [0.1, 0.15) is 18.1 Å². The van der Waals surface area contributed by atoms with Crippen molar-refractivity contribution in [1.82, 2.24) is 4.90 Å². The molecule has 1 aliphatic rings. The first kappa shape index (κ1) is 23.4. The summed E-state index contributed by atoms with van der Waals surface area (Å²) in [5.41, 5.74) is 3.71. The van der Waals surface area contributed by atoms with Crippen LogP contribution in [0.5, 0.6) is 11.5 Å². The molecule has 1 aliphatic heterocycles. The first-order chi connectivity index (χ1) is 17.2. The fraction of sp³-hybridized carbons (Fsp3) is 0.312. The number of likely N-dealkylation sites (tertiary alicyclic amines) is 1. The molecule has 5 rings (SSSR count). The molecule has 0 amide bonds. The molecule has 0 aliphatic carbocycles. The van der Waals surface area contributed by atoms with E-state index < -0.39 is 0 Å². The molecule has 4 aromatic carbocycles. The number of hydrogen-bond acceptors (Lipinski definition) is 3. The first-order valence-electron chi connectivity index (χ1n) is 12.8. The van der Waals surface area contributed by atoms with Gasteiger partial charge in [-0.2, -0.15) is 0 Å². The van der Waals surface area contributed by atoms with Crippen molar-refractivity contribution in [3.8, 4) is 11.5 Å². The van der Waals surface area contributed by atoms with Gasteiger partial charge in [-0.1, -0.05) is 79.7 Å². The summed E-state index contributed by atoms with van der Waals surface area (Å²) in [5, 5.41) is 2.52. The molecule has 35 heavy (non-hydrogen) atoms. The molecule has 0 aromatic heterocycles. The van der Waals surface area contributed by atoms with E-state index in [0.29, 0.717) is 6.61 Å². The molecular formula is C32H35NO2. The summed E-state index contributed by atoms with van der Waals surface area (Å²) < 4.78 is 11.9. The van der Waals surface area contributed by atoms with E-state index in [9.17, 15) is 0 Å². The average molecular weight is 466 g/mol. The van der Waals surface area contributed by atoms with Gasteiger partial charge in [0.25, 0.3) is 0 Å². The fourth-order valence-corrected chi connectivity index (χ4v) is 5.45. The molecule has 180 valence electrons. The third-order valence-electron chi connectivity index (χ3n) is 7.22. The quantitative estimate of drug-likeness (QED) is 0.258. The lowest BCUT2D eigenvalue weighted by atomic mass is 9.82. The van der Waals surface area contributed by atoms with E-state index in [1.165, 1.54) is 53.4 Å². The standard InChI is InChI=1S/C32H35NO2/c1-24-9-8-20-33(23-24)21-22-35-31-15-6-5-13-30(31)32(26-16-18-27(34-2)19-17-26)29-14-7-11-25-10-3-4-12-28(25)29/h3-7,10-19,24,32H,8-9,20-23H2,1-2H3. The highest BCUT2D eigenvalue weighted by atomic mass is 16.5. The Labute approximate surface area is 209 Å². The Morgan fingerprint density at radius 1 is 0.857 bits per heavy atom. The highest BCUT2D eigenvalue weighted by molar-refractivity contribution is 5.87. The molecule has 3 nitrogen and oxygen atoms in total. The van der Waals surface area contributed by atoms with Gasteiger partial charge >= 0.3 is 0 Å². The zero-order valence-electron chi connectivity index (χ0n) is 20.8. The van der Waals surface area contributed by atoms with E-state index in [0.717, 1.165) is 24.0 Å². The average Bonchev–Trinajstić information content (AvgIpc) is 2.90. The lowest BCUT2D eigenvalue weighted by molar-refractivity contribution is 0.153. The van der Waals surface area contributed by atoms with Gasteiger partial charge in [0.2, 0.25) is 0 Å². The normalized spacial score (nSPS) is 17.3. The van der Waals surface area contributed by atoms with Gasteiger partial charge in [0.15, 0.2) is 0 Å². The van der Waals surface area contributed by atoms with Crippen molar-refractivity contribution < 1.29 is 9.47 Å². The van der Waals surface area contributed by atoms with E-state index in [-0.39, 0.29) is 5.92 Å². The second-order valence-electron chi connectivity index (χ2n) is 9.71. The fourth-order valence-electron chi connectivity index (χ4n) is 5.45. The van der Waals surface area contributed by atoms with E-state index >= 15 is 0 Å². The Balaban J connectivity index is 1.50. The summed E-state index contributed by atoms with van der Waals surface area (Å²) >= 11 is 0. The van der Waals surface area contributed by atoms with Crippen LogP contribution in [0.2, 0.25) is 0 Å². The topological polar surface area (TPSA) is 21.7 Å². The van der Waals surface area contributed by atoms with Crippen LogP contribution < -0.4 is 9.47 Å². The van der Waals surface area contributed by atoms with Gasteiger partial charge in [0, 0.05) is 24.6 Å². The number of nitrogens with zero attached hydrogens (tertiary/aromatic N) is 1. The van der Waals surface area contributed by atoms with Gasteiger partial charge in [-0.25, -0.2) is 0 Å². The molecule has 1 heterocycles. The van der Waals surface area contributed by atoms with Crippen LogP contribution in [0.4, 0.5) is 0 Å². The van der Waals surface area contributed by atoms with Gasteiger partial charge < -0.3 is 9.47 Å². The molecule has 0 spiro atoms. The second kappa shape index (κ2) is 11.0. The van der Waals surface area contributed by atoms with E-state index in [1.54, 1.807) is 7.11 Å². The van der Waals surface area contributed by atoms with Crippen LogP contribution in [-0.4, -0.2) is 38.3 Å². The largest absolute Gasteiger partial charge is 0.497 e. The molecule has 0 N–H and O–H groups in total. The Kier molecular flexibility index (Phi) is 7.34. The minimum absolute atomic E-state index is 0.0539. The summed E-state index contributed by atoms with van der Waals surface area (Å²) in [4.78, 5) is 2.54. The SMILES string of the molecule is COc1ccc(C(c2ccccc2OCCN2CCCC(C)C2)c2cccc3ccccc23)cc1. The van der Waals surface area contributed by atoms with E-state index in [2.05, 4.69) is 103 Å². The molecule has 3 heteroatoms. The molecule has 1 fully saturated rings. The number of ether oxygens (including phenoxy) is 2. The maximum Gasteiger partial charge on any atom is 0.123 e. The Bertz CT molecular complexity index is 1240. The smallest absolute Gasteiger partial charge is 0.123 e. The highest BCUT2D eigenvalue weighted by Gasteiger charge is 2.23. The van der Waals surface area contributed by atoms with Crippen LogP contribution in [-0.2, 0) is 0 Å². The molecule has 4 aromatic rings. The Morgan fingerprint density at radius 3 is 2.43 bits per heavy atom. The molecular weight excluding hydrogens is 430 g/mol. The minimum Gasteiger partial charge on any atom is -0.497 e. The lowest BCUT2D eigenvalue weighted by Gasteiger charge is -2.31. The number of methoxy groups -OCH3 is 1. The molecule has 2 atom stereocenters. The summed E-state index contributed by atoms with van der Waals surface area (Å²) in [5.74, 6) is 2.66. The minimum atomic E-state index is 0.0539. The number of hydrogen-bond donors (Lipinski definition) is 0. The van der Waals surface area contributed by atoms with Crippen molar-refractivity contribution in [2.75, 3.05) is 33.4 Å². The first-order valence-corrected chi connectivity index (χ1v) is 12.8. The van der Waals surface area contributed by atoms with Crippen molar-refractivity contribution in [1.29, 1.82) is 0 Å². The van der Waals surface area contributed by atoms with Crippen molar-refractivity contribution >= 4 is 10.8 Å². The number of rotatable bonds is 8. The third kappa shape index (κ3) is 5.36. The number of piperidine rings is 1. The van der Waals surface area contributed by atoms with Crippen LogP contribution >= 0.6 is 0 Å². The Hall–Kier alpha value is -3.30. The monoisotopic (exact) mass is 465 g/mol. The van der Waals surface area contributed by atoms with Crippen molar-refractivity contribution in [2.24, 2.45) is 5.92 Å². The lowest BCUT2D eigenvalue weighted by Crippen LogP contribution is -2.37. The second-order valence-corrected chi connectivity index (χ2v) is 9.71. The summed E-state index contributed by atoms with van der Waals surface area (Å²) in [6.45, 7) is 6.38. The van der Waals surface area contributed by atoms with Gasteiger partial charge in [-0.05, 0) is 65.4 Å². The summed E-state index contributed by atoms with van der Waals surface area (Å²) in [6, 6.07) is 32.2.